The number of aromatic nitrogens is 3. The summed E-state index contributed by atoms with van der Waals surface area (Å²) in [6.45, 7) is -0.0756. The molecule has 0 aliphatic rings. The SMILES string of the molecule is CN(CC(=O)NCc1nc(-c2ccncc2)no1)C(=O)c1ccc(Br)o1. The average molecular weight is 420 g/mol. The fraction of sp³-hybridized carbons (Fsp3) is 0.188. The molecule has 0 saturated heterocycles. The Morgan fingerprint density at radius 2 is 2.00 bits per heavy atom. The Bertz CT molecular complexity index is 908. The Balaban J connectivity index is 1.51. The van der Waals surface area contributed by atoms with E-state index in [1.165, 1.54) is 18.0 Å². The van der Waals surface area contributed by atoms with Gasteiger partial charge in [-0.25, -0.2) is 0 Å². The van der Waals surface area contributed by atoms with Gasteiger partial charge in [-0.3, -0.25) is 14.6 Å². The number of halogens is 1. The van der Waals surface area contributed by atoms with Crippen molar-refractivity contribution < 1.29 is 18.5 Å². The van der Waals surface area contributed by atoms with E-state index in [0.29, 0.717) is 10.5 Å². The standard InChI is InChI=1S/C16H14BrN5O4/c1-22(16(24)11-2-3-12(17)25-11)9-13(23)19-8-14-20-15(21-26-14)10-4-6-18-7-5-10/h2-7H,8-9H2,1H3,(H,19,23). The van der Waals surface area contributed by atoms with Gasteiger partial charge in [-0.2, -0.15) is 4.98 Å². The Morgan fingerprint density at radius 3 is 2.69 bits per heavy atom. The van der Waals surface area contributed by atoms with Crippen molar-refractivity contribution in [3.63, 3.8) is 0 Å². The van der Waals surface area contributed by atoms with Crippen LogP contribution in [0.25, 0.3) is 11.4 Å². The predicted octanol–water partition coefficient (Wildman–Crippen LogP) is 1.88. The summed E-state index contributed by atoms with van der Waals surface area (Å²) in [6.07, 6.45) is 3.25. The molecule has 3 aromatic heterocycles. The fourth-order valence-electron chi connectivity index (χ4n) is 2.08. The van der Waals surface area contributed by atoms with E-state index >= 15 is 0 Å². The first-order valence-corrected chi connectivity index (χ1v) is 8.32. The van der Waals surface area contributed by atoms with Gasteiger partial charge in [-0.05, 0) is 40.2 Å². The molecule has 1 N–H and O–H groups in total. The lowest BCUT2D eigenvalue weighted by atomic mass is 10.2. The van der Waals surface area contributed by atoms with E-state index in [-0.39, 0.29) is 30.6 Å². The highest BCUT2D eigenvalue weighted by Gasteiger charge is 2.18. The van der Waals surface area contributed by atoms with Crippen molar-refractivity contribution in [2.45, 2.75) is 6.54 Å². The van der Waals surface area contributed by atoms with Crippen LogP contribution in [0.3, 0.4) is 0 Å². The Morgan fingerprint density at radius 1 is 1.23 bits per heavy atom. The second-order valence-corrected chi connectivity index (χ2v) is 6.07. The minimum absolute atomic E-state index is 0.0608. The van der Waals surface area contributed by atoms with Crippen LogP contribution in [0.4, 0.5) is 0 Å². The summed E-state index contributed by atoms with van der Waals surface area (Å²) in [7, 11) is 1.51. The zero-order valence-corrected chi connectivity index (χ0v) is 15.3. The molecule has 3 heterocycles. The number of nitrogens with zero attached hydrogens (tertiary/aromatic N) is 4. The lowest BCUT2D eigenvalue weighted by Crippen LogP contribution is -2.38. The van der Waals surface area contributed by atoms with Crippen LogP contribution in [0.2, 0.25) is 0 Å². The monoisotopic (exact) mass is 419 g/mol. The summed E-state index contributed by atoms with van der Waals surface area (Å²) in [6, 6.07) is 6.64. The number of rotatable bonds is 6. The minimum atomic E-state index is -0.399. The summed E-state index contributed by atoms with van der Waals surface area (Å²) >= 11 is 3.13. The second kappa shape index (κ2) is 7.91. The van der Waals surface area contributed by atoms with Crippen molar-refractivity contribution in [3.05, 3.63) is 53.0 Å². The molecule has 3 rings (SSSR count). The van der Waals surface area contributed by atoms with Gasteiger partial charge in [-0.1, -0.05) is 5.16 Å². The van der Waals surface area contributed by atoms with Crippen molar-refractivity contribution in [3.8, 4) is 11.4 Å². The van der Waals surface area contributed by atoms with E-state index in [4.69, 9.17) is 8.94 Å². The maximum absolute atomic E-state index is 12.1. The number of hydrogen-bond acceptors (Lipinski definition) is 7. The first-order valence-electron chi connectivity index (χ1n) is 7.53. The van der Waals surface area contributed by atoms with Crippen molar-refractivity contribution in [2.75, 3.05) is 13.6 Å². The number of hydrogen-bond donors (Lipinski definition) is 1. The van der Waals surface area contributed by atoms with Gasteiger partial charge in [0.25, 0.3) is 5.91 Å². The molecule has 9 nitrogen and oxygen atoms in total. The summed E-state index contributed by atoms with van der Waals surface area (Å²) < 4.78 is 10.7. The maximum Gasteiger partial charge on any atom is 0.289 e. The van der Waals surface area contributed by atoms with Gasteiger partial charge in [-0.15, -0.1) is 0 Å². The molecule has 0 saturated carbocycles. The Hall–Kier alpha value is -3.01. The van der Waals surface area contributed by atoms with Gasteiger partial charge in [0.05, 0.1) is 13.1 Å². The smallest absolute Gasteiger partial charge is 0.289 e. The molecule has 134 valence electrons. The zero-order valence-electron chi connectivity index (χ0n) is 13.7. The molecular weight excluding hydrogens is 406 g/mol. The molecule has 0 fully saturated rings. The number of pyridine rings is 1. The van der Waals surface area contributed by atoms with Crippen LogP contribution < -0.4 is 5.32 Å². The highest BCUT2D eigenvalue weighted by atomic mass is 79.9. The largest absolute Gasteiger partial charge is 0.444 e. The van der Waals surface area contributed by atoms with E-state index in [9.17, 15) is 9.59 Å². The normalized spacial score (nSPS) is 10.5. The average Bonchev–Trinajstić information content (AvgIpc) is 3.29. The molecule has 0 aromatic carbocycles. The fourth-order valence-corrected chi connectivity index (χ4v) is 2.39. The molecule has 2 amide bonds. The van der Waals surface area contributed by atoms with Gasteiger partial charge in [0.1, 0.15) is 0 Å². The first kappa shape index (κ1) is 17.8. The molecule has 0 aliphatic heterocycles. The quantitative estimate of drug-likeness (QED) is 0.648. The first-order chi connectivity index (χ1) is 12.5. The van der Waals surface area contributed by atoms with Gasteiger partial charge < -0.3 is 19.2 Å². The minimum Gasteiger partial charge on any atom is -0.444 e. The molecule has 0 radical (unpaired) electrons. The number of furan rings is 1. The number of nitrogens with one attached hydrogen (secondary N) is 1. The van der Waals surface area contributed by atoms with E-state index in [2.05, 4.69) is 36.4 Å². The van der Waals surface area contributed by atoms with Crippen LogP contribution in [0, 0.1) is 0 Å². The van der Waals surface area contributed by atoms with Gasteiger partial charge in [0.2, 0.25) is 17.6 Å². The molecule has 0 atom stereocenters. The third kappa shape index (κ3) is 4.33. The lowest BCUT2D eigenvalue weighted by molar-refractivity contribution is -0.121. The number of likely N-dealkylation sites (N-methyl/N-ethyl adjacent to an activating group) is 1. The third-order valence-electron chi connectivity index (χ3n) is 3.35. The van der Waals surface area contributed by atoms with Crippen LogP contribution in [0.15, 0.2) is 50.3 Å². The number of carbonyl (C=O) groups is 2. The topological polar surface area (TPSA) is 114 Å². The van der Waals surface area contributed by atoms with E-state index in [1.807, 2.05) is 0 Å². The van der Waals surface area contributed by atoms with E-state index in [0.717, 1.165) is 5.56 Å². The van der Waals surface area contributed by atoms with E-state index in [1.54, 1.807) is 30.6 Å². The molecular formula is C16H14BrN5O4. The van der Waals surface area contributed by atoms with Crippen LogP contribution in [-0.2, 0) is 11.3 Å². The van der Waals surface area contributed by atoms with Crippen LogP contribution in [0.5, 0.6) is 0 Å². The molecule has 0 unspecified atom stereocenters. The Kier molecular flexibility index (Phi) is 5.42. The number of carbonyl (C=O) groups excluding carboxylic acids is 2. The highest BCUT2D eigenvalue weighted by Crippen LogP contribution is 2.15. The van der Waals surface area contributed by atoms with Gasteiger partial charge in [0.15, 0.2) is 10.4 Å². The molecule has 10 heteroatoms. The highest BCUT2D eigenvalue weighted by molar-refractivity contribution is 9.10. The summed E-state index contributed by atoms with van der Waals surface area (Å²) in [4.78, 5) is 33.5. The molecule has 26 heavy (non-hydrogen) atoms. The van der Waals surface area contributed by atoms with Crippen molar-refractivity contribution in [2.24, 2.45) is 0 Å². The maximum atomic E-state index is 12.1. The van der Waals surface area contributed by atoms with Crippen LogP contribution >= 0.6 is 15.9 Å². The summed E-state index contributed by atoms with van der Waals surface area (Å²) in [5.74, 6) is 0.0475. The third-order valence-corrected chi connectivity index (χ3v) is 3.78. The van der Waals surface area contributed by atoms with Gasteiger partial charge >= 0.3 is 0 Å². The second-order valence-electron chi connectivity index (χ2n) is 5.29. The summed E-state index contributed by atoms with van der Waals surface area (Å²) in [5.41, 5.74) is 0.760. The van der Waals surface area contributed by atoms with Crippen LogP contribution in [0.1, 0.15) is 16.4 Å². The van der Waals surface area contributed by atoms with Gasteiger partial charge in [0, 0.05) is 25.0 Å². The number of amides is 2. The van der Waals surface area contributed by atoms with Crippen molar-refractivity contribution in [1.82, 2.24) is 25.3 Å². The Labute approximate surface area is 156 Å². The lowest BCUT2D eigenvalue weighted by Gasteiger charge is -2.14. The molecule has 0 spiro atoms. The predicted molar refractivity (Wildman–Crippen MR) is 92.7 cm³/mol. The zero-order chi connectivity index (χ0) is 18.5. The molecule has 0 bridgehead atoms. The van der Waals surface area contributed by atoms with Crippen molar-refractivity contribution >= 4 is 27.7 Å². The summed E-state index contributed by atoms with van der Waals surface area (Å²) in [5, 5.41) is 6.47. The molecule has 0 aliphatic carbocycles. The van der Waals surface area contributed by atoms with Crippen molar-refractivity contribution in [1.29, 1.82) is 0 Å². The van der Waals surface area contributed by atoms with Crippen LogP contribution in [-0.4, -0.2) is 45.4 Å². The molecule has 3 aromatic rings. The van der Waals surface area contributed by atoms with E-state index < -0.39 is 5.91 Å².